The molecule has 0 radical (unpaired) electrons. The van der Waals surface area contributed by atoms with Gasteiger partial charge in [-0.15, -0.1) is 0 Å². The van der Waals surface area contributed by atoms with Gasteiger partial charge in [-0.3, -0.25) is 0 Å². The second-order valence-electron chi connectivity index (χ2n) is 3.33. The van der Waals surface area contributed by atoms with Crippen molar-refractivity contribution in [3.63, 3.8) is 0 Å². The molecule has 78 valence electrons. The molecular weight excluding hydrogens is 301 g/mol. The van der Waals surface area contributed by atoms with Crippen molar-refractivity contribution in [3.05, 3.63) is 57.6 Å². The van der Waals surface area contributed by atoms with Crippen molar-refractivity contribution in [1.82, 2.24) is 5.32 Å². The van der Waals surface area contributed by atoms with Crippen LogP contribution in [0, 0.1) is 3.57 Å². The molecule has 1 heterocycles. The number of nitrogens with one attached hydrogen (secondary N) is 1. The number of hydrogen-bond acceptors (Lipinski definition) is 2. The molecule has 0 fully saturated rings. The molecule has 3 heteroatoms. The smallest absolute Gasteiger partial charge is 0.0953 e. The number of hydrogen-bond donors (Lipinski definition) is 1. The molecule has 2 aromatic rings. The van der Waals surface area contributed by atoms with Crippen LogP contribution in [0.4, 0.5) is 0 Å². The summed E-state index contributed by atoms with van der Waals surface area (Å²) in [6.45, 7) is 0. The van der Waals surface area contributed by atoms with Crippen LogP contribution in [0.5, 0.6) is 0 Å². The highest BCUT2D eigenvalue weighted by Crippen LogP contribution is 2.23. The Hall–Kier alpha value is -0.810. The van der Waals surface area contributed by atoms with Crippen molar-refractivity contribution in [2.75, 3.05) is 7.05 Å². The van der Waals surface area contributed by atoms with Gasteiger partial charge in [-0.05, 0) is 53.4 Å². The summed E-state index contributed by atoms with van der Waals surface area (Å²) >= 11 is 2.32. The Morgan fingerprint density at radius 3 is 2.73 bits per heavy atom. The van der Waals surface area contributed by atoms with Crippen LogP contribution in [0.25, 0.3) is 0 Å². The molecule has 2 rings (SSSR count). The van der Waals surface area contributed by atoms with Gasteiger partial charge >= 0.3 is 0 Å². The third-order valence-corrected chi connectivity index (χ3v) is 3.02. The maximum Gasteiger partial charge on any atom is 0.0953 e. The highest BCUT2D eigenvalue weighted by Gasteiger charge is 2.12. The Morgan fingerprint density at radius 2 is 2.13 bits per heavy atom. The van der Waals surface area contributed by atoms with Gasteiger partial charge in [-0.1, -0.05) is 12.1 Å². The van der Waals surface area contributed by atoms with E-state index in [1.165, 1.54) is 9.13 Å². The van der Waals surface area contributed by atoms with Gasteiger partial charge in [0.05, 0.1) is 18.6 Å². The van der Waals surface area contributed by atoms with Gasteiger partial charge in [-0.2, -0.15) is 0 Å². The minimum absolute atomic E-state index is 0.207. The first-order valence-electron chi connectivity index (χ1n) is 4.76. The highest BCUT2D eigenvalue weighted by molar-refractivity contribution is 14.1. The summed E-state index contributed by atoms with van der Waals surface area (Å²) in [5.74, 6) is 0. The average Bonchev–Trinajstić information content (AvgIpc) is 2.72. The fourth-order valence-corrected chi connectivity index (χ4v) is 2.22. The lowest BCUT2D eigenvalue weighted by Crippen LogP contribution is -2.16. The predicted octanol–water partition coefficient (Wildman–Crippen LogP) is 3.19. The van der Waals surface area contributed by atoms with Crippen LogP contribution in [0.3, 0.4) is 0 Å². The summed E-state index contributed by atoms with van der Waals surface area (Å²) in [6, 6.07) is 10.7. The van der Waals surface area contributed by atoms with Crippen LogP contribution >= 0.6 is 22.6 Å². The molecule has 0 saturated carbocycles. The summed E-state index contributed by atoms with van der Waals surface area (Å²) in [5, 5.41) is 3.28. The van der Waals surface area contributed by atoms with E-state index in [0.717, 1.165) is 5.56 Å². The first-order chi connectivity index (χ1) is 7.31. The van der Waals surface area contributed by atoms with Gasteiger partial charge in [0.2, 0.25) is 0 Å². The third kappa shape index (κ3) is 2.41. The minimum atomic E-state index is 0.207. The van der Waals surface area contributed by atoms with Crippen molar-refractivity contribution >= 4 is 22.6 Å². The van der Waals surface area contributed by atoms with Crippen LogP contribution in [0.15, 0.2) is 47.3 Å². The maximum atomic E-state index is 5.11. The third-order valence-electron chi connectivity index (χ3n) is 2.35. The van der Waals surface area contributed by atoms with E-state index in [1.807, 2.05) is 13.1 Å². The quantitative estimate of drug-likeness (QED) is 0.881. The van der Waals surface area contributed by atoms with Gasteiger partial charge < -0.3 is 9.73 Å². The SMILES string of the molecule is CNC(c1ccoc1)c1cccc(I)c1. The standard InChI is InChI=1S/C12H12INO/c1-14-12(10-5-6-15-8-10)9-3-2-4-11(13)7-9/h2-8,12,14H,1H3. The summed E-state index contributed by atoms with van der Waals surface area (Å²) in [7, 11) is 1.96. The van der Waals surface area contributed by atoms with E-state index in [2.05, 4.69) is 52.2 Å². The van der Waals surface area contributed by atoms with E-state index in [1.54, 1.807) is 12.5 Å². The molecule has 1 atom stereocenters. The van der Waals surface area contributed by atoms with E-state index in [0.29, 0.717) is 0 Å². The van der Waals surface area contributed by atoms with Gasteiger partial charge in [0.15, 0.2) is 0 Å². The van der Waals surface area contributed by atoms with E-state index >= 15 is 0 Å². The van der Waals surface area contributed by atoms with E-state index in [-0.39, 0.29) is 6.04 Å². The Morgan fingerprint density at radius 1 is 1.27 bits per heavy atom. The van der Waals surface area contributed by atoms with E-state index < -0.39 is 0 Å². The van der Waals surface area contributed by atoms with Crippen molar-refractivity contribution < 1.29 is 4.42 Å². The summed E-state index contributed by atoms with van der Waals surface area (Å²) in [5.41, 5.74) is 2.41. The average molecular weight is 313 g/mol. The zero-order valence-corrected chi connectivity index (χ0v) is 10.6. The fourth-order valence-electron chi connectivity index (χ4n) is 1.65. The highest BCUT2D eigenvalue weighted by atomic mass is 127. The number of halogens is 1. The van der Waals surface area contributed by atoms with Crippen molar-refractivity contribution in [2.45, 2.75) is 6.04 Å². The Labute approximate surface area is 103 Å². The molecule has 1 aromatic carbocycles. The first-order valence-corrected chi connectivity index (χ1v) is 5.84. The molecule has 0 spiro atoms. The molecule has 15 heavy (non-hydrogen) atoms. The molecule has 0 saturated heterocycles. The number of rotatable bonds is 3. The lowest BCUT2D eigenvalue weighted by molar-refractivity contribution is 0.557. The van der Waals surface area contributed by atoms with Crippen LogP contribution in [-0.2, 0) is 0 Å². The molecule has 2 nitrogen and oxygen atoms in total. The molecule has 1 N–H and O–H groups in total. The summed E-state index contributed by atoms with van der Waals surface area (Å²) in [6.07, 6.45) is 3.48. The minimum Gasteiger partial charge on any atom is -0.472 e. The van der Waals surface area contributed by atoms with Gasteiger partial charge in [-0.25, -0.2) is 0 Å². The molecule has 0 aliphatic rings. The van der Waals surface area contributed by atoms with Crippen molar-refractivity contribution in [2.24, 2.45) is 0 Å². The van der Waals surface area contributed by atoms with Crippen LogP contribution in [0.2, 0.25) is 0 Å². The molecule has 1 unspecified atom stereocenters. The molecule has 0 aliphatic carbocycles. The number of benzene rings is 1. The molecular formula is C12H12INO. The van der Waals surface area contributed by atoms with Crippen molar-refractivity contribution in [3.8, 4) is 0 Å². The molecule has 1 aromatic heterocycles. The Kier molecular flexibility index (Phi) is 3.43. The van der Waals surface area contributed by atoms with Crippen LogP contribution in [-0.4, -0.2) is 7.05 Å². The predicted molar refractivity (Wildman–Crippen MR) is 68.8 cm³/mol. The van der Waals surface area contributed by atoms with Crippen LogP contribution < -0.4 is 5.32 Å². The van der Waals surface area contributed by atoms with Crippen LogP contribution in [0.1, 0.15) is 17.2 Å². The second-order valence-corrected chi connectivity index (χ2v) is 4.58. The monoisotopic (exact) mass is 313 g/mol. The van der Waals surface area contributed by atoms with Gasteiger partial charge in [0, 0.05) is 9.13 Å². The first kappa shape index (κ1) is 10.7. The zero-order chi connectivity index (χ0) is 10.7. The summed E-state index contributed by atoms with van der Waals surface area (Å²) in [4.78, 5) is 0. The van der Waals surface area contributed by atoms with Gasteiger partial charge in [0.1, 0.15) is 0 Å². The Balaban J connectivity index is 2.35. The van der Waals surface area contributed by atoms with Gasteiger partial charge in [0.25, 0.3) is 0 Å². The summed E-state index contributed by atoms with van der Waals surface area (Å²) < 4.78 is 6.35. The number of furan rings is 1. The normalized spacial score (nSPS) is 12.7. The topological polar surface area (TPSA) is 25.2 Å². The molecule has 0 aliphatic heterocycles. The zero-order valence-electron chi connectivity index (χ0n) is 8.41. The lowest BCUT2D eigenvalue weighted by atomic mass is 10.0. The van der Waals surface area contributed by atoms with Crippen molar-refractivity contribution in [1.29, 1.82) is 0 Å². The maximum absolute atomic E-state index is 5.11. The Bertz CT molecular complexity index is 425. The van der Waals surface area contributed by atoms with E-state index in [4.69, 9.17) is 4.42 Å². The second kappa shape index (κ2) is 4.81. The van der Waals surface area contributed by atoms with E-state index in [9.17, 15) is 0 Å². The largest absolute Gasteiger partial charge is 0.472 e. The molecule has 0 bridgehead atoms. The molecule has 0 amide bonds. The fraction of sp³-hybridized carbons (Fsp3) is 0.167. The lowest BCUT2D eigenvalue weighted by Gasteiger charge is -2.14.